The molecular weight excluding hydrogens is 406 g/mol. The predicted octanol–water partition coefficient (Wildman–Crippen LogP) is 4.12. The van der Waals surface area contributed by atoms with Gasteiger partial charge in [0.25, 0.3) is 5.91 Å². The van der Waals surface area contributed by atoms with Gasteiger partial charge in [0.15, 0.2) is 0 Å². The molecule has 0 bridgehead atoms. The maximum absolute atomic E-state index is 13.3. The second-order valence-corrected chi connectivity index (χ2v) is 7.91. The standard InChI is InChI=1S/C26H27NO5/c1-18-24(26(29)30-2)23(25(28)27(18)16-22-12-7-13-31-22)15-20-10-6-11-21(14-20)32-17-19-8-4-3-5-9-19/h3-6,8-11,14-15,22H,7,12-13,16-17H2,1-2H3/b23-15-/t22-/m1/s1. The van der Waals surface area contributed by atoms with E-state index in [2.05, 4.69) is 0 Å². The quantitative estimate of drug-likeness (QED) is 0.486. The lowest BCUT2D eigenvalue weighted by molar-refractivity contribution is -0.136. The van der Waals surface area contributed by atoms with Crippen molar-refractivity contribution < 1.29 is 23.8 Å². The lowest BCUT2D eigenvalue weighted by Gasteiger charge is -2.21. The zero-order valence-electron chi connectivity index (χ0n) is 18.4. The Bertz CT molecular complexity index is 1050. The van der Waals surface area contributed by atoms with Gasteiger partial charge in [-0.25, -0.2) is 4.79 Å². The molecule has 2 aromatic rings. The Morgan fingerprint density at radius 3 is 2.72 bits per heavy atom. The minimum absolute atomic E-state index is 0.0122. The summed E-state index contributed by atoms with van der Waals surface area (Å²) >= 11 is 0. The molecule has 0 radical (unpaired) electrons. The second-order valence-electron chi connectivity index (χ2n) is 7.91. The molecule has 2 heterocycles. The van der Waals surface area contributed by atoms with Gasteiger partial charge in [0, 0.05) is 12.3 Å². The Morgan fingerprint density at radius 1 is 1.19 bits per heavy atom. The van der Waals surface area contributed by atoms with Crippen molar-refractivity contribution in [2.75, 3.05) is 20.3 Å². The molecule has 1 atom stereocenters. The fourth-order valence-electron chi connectivity index (χ4n) is 4.04. The van der Waals surface area contributed by atoms with E-state index in [0.29, 0.717) is 42.4 Å². The predicted molar refractivity (Wildman–Crippen MR) is 121 cm³/mol. The van der Waals surface area contributed by atoms with Crippen molar-refractivity contribution in [2.45, 2.75) is 32.5 Å². The van der Waals surface area contributed by atoms with E-state index >= 15 is 0 Å². The normalized spacial score (nSPS) is 19.7. The average molecular weight is 434 g/mol. The fraction of sp³-hybridized carbons (Fsp3) is 0.308. The summed E-state index contributed by atoms with van der Waals surface area (Å²) < 4.78 is 16.6. The van der Waals surface area contributed by atoms with Gasteiger partial charge in [-0.3, -0.25) is 4.79 Å². The smallest absolute Gasteiger partial charge is 0.340 e. The average Bonchev–Trinajstić information content (AvgIpc) is 3.41. The SMILES string of the molecule is COC(=O)C1=C(C)N(C[C@H]2CCCO2)C(=O)/C1=C\c1cccc(OCc2ccccc2)c1. The number of hydrogen-bond acceptors (Lipinski definition) is 5. The summed E-state index contributed by atoms with van der Waals surface area (Å²) in [7, 11) is 1.32. The van der Waals surface area contributed by atoms with Gasteiger partial charge in [0.1, 0.15) is 12.4 Å². The van der Waals surface area contributed by atoms with Crippen LogP contribution in [0.2, 0.25) is 0 Å². The Labute approximate surface area is 188 Å². The van der Waals surface area contributed by atoms with Crippen LogP contribution < -0.4 is 4.74 Å². The van der Waals surface area contributed by atoms with E-state index in [-0.39, 0.29) is 12.0 Å². The number of amides is 1. The third kappa shape index (κ3) is 4.75. The van der Waals surface area contributed by atoms with E-state index in [4.69, 9.17) is 14.2 Å². The molecule has 0 aromatic heterocycles. The van der Waals surface area contributed by atoms with E-state index in [1.54, 1.807) is 17.9 Å². The van der Waals surface area contributed by atoms with Gasteiger partial charge in [-0.15, -0.1) is 0 Å². The summed E-state index contributed by atoms with van der Waals surface area (Å²) in [6.07, 6.45) is 3.60. The third-order valence-electron chi connectivity index (χ3n) is 5.73. The summed E-state index contributed by atoms with van der Waals surface area (Å²) in [6.45, 7) is 3.36. The molecular formula is C26H27NO5. The molecule has 0 saturated carbocycles. The Morgan fingerprint density at radius 2 is 2.00 bits per heavy atom. The van der Waals surface area contributed by atoms with E-state index in [9.17, 15) is 9.59 Å². The second kappa shape index (κ2) is 9.83. The first-order valence-corrected chi connectivity index (χ1v) is 10.8. The van der Waals surface area contributed by atoms with E-state index in [1.165, 1.54) is 7.11 Å². The maximum atomic E-state index is 13.3. The first-order valence-electron chi connectivity index (χ1n) is 10.8. The summed E-state index contributed by atoms with van der Waals surface area (Å²) in [5, 5.41) is 0. The zero-order valence-corrected chi connectivity index (χ0v) is 18.4. The van der Waals surface area contributed by atoms with Crippen LogP contribution in [0.25, 0.3) is 6.08 Å². The number of carbonyl (C=O) groups is 2. The van der Waals surface area contributed by atoms with Crippen molar-refractivity contribution in [3.63, 3.8) is 0 Å². The molecule has 2 aliphatic heterocycles. The van der Waals surface area contributed by atoms with Crippen LogP contribution in [0.15, 0.2) is 71.4 Å². The van der Waals surface area contributed by atoms with Crippen molar-refractivity contribution in [3.05, 3.63) is 82.6 Å². The summed E-state index contributed by atoms with van der Waals surface area (Å²) in [5.41, 5.74) is 3.06. The first-order chi connectivity index (χ1) is 15.6. The van der Waals surface area contributed by atoms with Crippen LogP contribution in [-0.2, 0) is 25.7 Å². The van der Waals surface area contributed by atoms with Crippen LogP contribution in [-0.4, -0.2) is 43.1 Å². The summed E-state index contributed by atoms with van der Waals surface area (Å²) in [5.74, 6) is -0.0485. The fourth-order valence-corrected chi connectivity index (χ4v) is 4.04. The number of rotatable bonds is 7. The molecule has 166 valence electrons. The molecule has 2 aromatic carbocycles. The molecule has 6 nitrogen and oxygen atoms in total. The maximum Gasteiger partial charge on any atom is 0.340 e. The molecule has 0 spiro atoms. The van der Waals surface area contributed by atoms with Crippen LogP contribution in [0.1, 0.15) is 30.9 Å². The van der Waals surface area contributed by atoms with Crippen LogP contribution >= 0.6 is 0 Å². The van der Waals surface area contributed by atoms with Crippen molar-refractivity contribution in [2.24, 2.45) is 0 Å². The van der Waals surface area contributed by atoms with Gasteiger partial charge >= 0.3 is 5.97 Å². The number of hydrogen-bond donors (Lipinski definition) is 0. The van der Waals surface area contributed by atoms with E-state index in [0.717, 1.165) is 24.0 Å². The topological polar surface area (TPSA) is 65.1 Å². The highest BCUT2D eigenvalue weighted by molar-refractivity contribution is 6.16. The van der Waals surface area contributed by atoms with Crippen molar-refractivity contribution in [1.29, 1.82) is 0 Å². The molecule has 1 fully saturated rings. The lowest BCUT2D eigenvalue weighted by atomic mass is 10.0. The highest BCUT2D eigenvalue weighted by atomic mass is 16.5. The molecule has 2 aliphatic rings. The van der Waals surface area contributed by atoms with Gasteiger partial charge in [0.2, 0.25) is 0 Å². The Kier molecular flexibility index (Phi) is 6.71. The van der Waals surface area contributed by atoms with Crippen LogP contribution in [0.3, 0.4) is 0 Å². The van der Waals surface area contributed by atoms with Gasteiger partial charge in [0.05, 0.1) is 30.9 Å². The summed E-state index contributed by atoms with van der Waals surface area (Å²) in [4.78, 5) is 27.4. The largest absolute Gasteiger partial charge is 0.489 e. The number of esters is 1. The molecule has 0 unspecified atom stereocenters. The Balaban J connectivity index is 1.58. The van der Waals surface area contributed by atoms with Gasteiger partial charge < -0.3 is 19.1 Å². The Hall–Kier alpha value is -3.38. The highest BCUT2D eigenvalue weighted by Gasteiger charge is 2.38. The van der Waals surface area contributed by atoms with Crippen LogP contribution in [0, 0.1) is 0 Å². The minimum Gasteiger partial charge on any atom is -0.489 e. The van der Waals surface area contributed by atoms with Crippen LogP contribution in [0.4, 0.5) is 0 Å². The van der Waals surface area contributed by atoms with Gasteiger partial charge in [-0.1, -0.05) is 42.5 Å². The van der Waals surface area contributed by atoms with Crippen molar-refractivity contribution in [1.82, 2.24) is 4.90 Å². The number of benzene rings is 2. The van der Waals surface area contributed by atoms with Gasteiger partial charge in [-0.2, -0.15) is 0 Å². The van der Waals surface area contributed by atoms with Crippen LogP contribution in [0.5, 0.6) is 5.75 Å². The monoisotopic (exact) mass is 433 g/mol. The lowest BCUT2D eigenvalue weighted by Crippen LogP contribution is -2.33. The number of allylic oxidation sites excluding steroid dienone is 1. The van der Waals surface area contributed by atoms with Crippen molar-refractivity contribution in [3.8, 4) is 5.75 Å². The molecule has 0 N–H and O–H groups in total. The highest BCUT2D eigenvalue weighted by Crippen LogP contribution is 2.33. The number of ether oxygens (including phenoxy) is 3. The zero-order chi connectivity index (χ0) is 22.5. The first kappa shape index (κ1) is 21.8. The van der Waals surface area contributed by atoms with E-state index in [1.807, 2.05) is 54.6 Å². The summed E-state index contributed by atoms with van der Waals surface area (Å²) in [6, 6.07) is 17.4. The number of nitrogens with zero attached hydrogens (tertiary/aromatic N) is 1. The number of carbonyl (C=O) groups excluding carboxylic acids is 2. The third-order valence-corrected chi connectivity index (χ3v) is 5.73. The molecule has 1 saturated heterocycles. The molecule has 0 aliphatic carbocycles. The number of methoxy groups -OCH3 is 1. The molecule has 1 amide bonds. The van der Waals surface area contributed by atoms with Crippen molar-refractivity contribution >= 4 is 18.0 Å². The molecule has 4 rings (SSSR count). The van der Waals surface area contributed by atoms with Gasteiger partial charge in [-0.05, 0) is 49.1 Å². The van der Waals surface area contributed by atoms with E-state index < -0.39 is 5.97 Å². The molecule has 6 heteroatoms. The minimum atomic E-state index is -0.520. The molecule has 32 heavy (non-hydrogen) atoms.